The van der Waals surface area contributed by atoms with Crippen molar-refractivity contribution in [2.45, 2.75) is 38.8 Å². The number of thioether (sulfide) groups is 1. The second-order valence-corrected chi connectivity index (χ2v) is 10.1. The molecule has 10 heteroatoms. The molecule has 36 heavy (non-hydrogen) atoms. The first-order valence-electron chi connectivity index (χ1n) is 12.1. The third-order valence-electron chi connectivity index (χ3n) is 6.89. The van der Waals surface area contributed by atoms with Gasteiger partial charge in [0.15, 0.2) is 0 Å². The molecule has 9 nitrogen and oxygen atoms in total. The minimum Gasteiger partial charge on any atom is -0.381 e. The first-order valence-corrected chi connectivity index (χ1v) is 13.2. The average Bonchev–Trinajstić information content (AvgIpc) is 3.50. The molecule has 2 aromatic heterocycles. The standard InChI is InChI=1S/C26H28N6O3S/c1-16-25(17(2)32(30-16)19-6-9-35-10-7-19)18-3-4-23-22(11-18)21(5-8-28-23)26(34)29-13-24(33)31-15-36-14-20(31)12-27/h3-5,8,11,19-20H,6-7,9-10,13-15H2,1-2H3,(H,29,34)/t20-/m1/s1. The Morgan fingerprint density at radius 1 is 1.25 bits per heavy atom. The van der Waals surface area contributed by atoms with Crippen LogP contribution in [0.1, 0.15) is 40.6 Å². The van der Waals surface area contributed by atoms with E-state index in [0.29, 0.717) is 34.1 Å². The molecule has 2 saturated heterocycles. The Morgan fingerprint density at radius 3 is 2.83 bits per heavy atom. The van der Waals surface area contributed by atoms with Gasteiger partial charge in [0.25, 0.3) is 5.91 Å². The molecular weight excluding hydrogens is 476 g/mol. The molecule has 2 amide bonds. The zero-order valence-electron chi connectivity index (χ0n) is 20.4. The maximum Gasteiger partial charge on any atom is 0.252 e. The van der Waals surface area contributed by atoms with Gasteiger partial charge in [-0.3, -0.25) is 19.3 Å². The number of aromatic nitrogens is 3. The lowest BCUT2D eigenvalue weighted by Crippen LogP contribution is -2.42. The van der Waals surface area contributed by atoms with Crippen molar-refractivity contribution in [3.63, 3.8) is 0 Å². The highest BCUT2D eigenvalue weighted by Gasteiger charge is 2.29. The second-order valence-electron chi connectivity index (χ2n) is 9.12. The van der Waals surface area contributed by atoms with E-state index in [1.54, 1.807) is 12.3 Å². The Hall–Kier alpha value is -3.42. The third-order valence-corrected chi connectivity index (χ3v) is 7.90. The zero-order chi connectivity index (χ0) is 25.2. The number of hydrogen-bond donors (Lipinski definition) is 1. The van der Waals surface area contributed by atoms with Crippen LogP contribution in [0, 0.1) is 25.2 Å². The smallest absolute Gasteiger partial charge is 0.252 e. The molecule has 1 atom stereocenters. The number of benzene rings is 1. The number of amides is 2. The van der Waals surface area contributed by atoms with Crippen LogP contribution in [0.15, 0.2) is 30.5 Å². The molecule has 0 unspecified atom stereocenters. The number of aryl methyl sites for hydroxylation is 1. The fourth-order valence-corrected chi connectivity index (χ4v) is 6.12. The molecule has 2 aliphatic rings. The third kappa shape index (κ3) is 4.56. The fourth-order valence-electron chi connectivity index (χ4n) is 5.01. The number of nitrogens with one attached hydrogen (secondary N) is 1. The maximum absolute atomic E-state index is 13.1. The number of hydrogen-bond acceptors (Lipinski definition) is 7. The summed E-state index contributed by atoms with van der Waals surface area (Å²) < 4.78 is 7.63. The highest BCUT2D eigenvalue weighted by Crippen LogP contribution is 2.33. The number of carbonyl (C=O) groups excluding carboxylic acids is 2. The van der Waals surface area contributed by atoms with Crippen LogP contribution in [0.4, 0.5) is 0 Å². The molecule has 0 bridgehead atoms. The van der Waals surface area contributed by atoms with Crippen LogP contribution in [-0.4, -0.2) is 68.9 Å². The highest BCUT2D eigenvalue weighted by atomic mass is 32.2. The summed E-state index contributed by atoms with van der Waals surface area (Å²) in [5.41, 5.74) is 5.21. The molecule has 2 fully saturated rings. The summed E-state index contributed by atoms with van der Waals surface area (Å²) in [5, 5.41) is 17.5. The minimum absolute atomic E-state index is 0.156. The number of rotatable bonds is 5. The van der Waals surface area contributed by atoms with Gasteiger partial charge in [0.1, 0.15) is 6.04 Å². The lowest BCUT2D eigenvalue weighted by Gasteiger charge is -2.23. The van der Waals surface area contributed by atoms with Crippen LogP contribution in [0.3, 0.4) is 0 Å². The van der Waals surface area contributed by atoms with Crippen molar-refractivity contribution in [2.75, 3.05) is 31.4 Å². The summed E-state index contributed by atoms with van der Waals surface area (Å²) in [7, 11) is 0. The number of nitriles is 1. The van der Waals surface area contributed by atoms with E-state index >= 15 is 0 Å². The van der Waals surface area contributed by atoms with Crippen LogP contribution in [0.2, 0.25) is 0 Å². The lowest BCUT2D eigenvalue weighted by atomic mass is 9.99. The lowest BCUT2D eigenvalue weighted by molar-refractivity contribution is -0.129. The molecule has 4 heterocycles. The number of carbonyl (C=O) groups is 2. The van der Waals surface area contributed by atoms with E-state index in [2.05, 4.69) is 28.0 Å². The molecule has 186 valence electrons. The Balaban J connectivity index is 1.41. The van der Waals surface area contributed by atoms with Crippen molar-refractivity contribution >= 4 is 34.5 Å². The number of fused-ring (bicyclic) bond motifs is 1. The largest absolute Gasteiger partial charge is 0.381 e. The Bertz CT molecular complexity index is 1360. The molecule has 0 aliphatic carbocycles. The predicted octanol–water partition coefficient (Wildman–Crippen LogP) is 3.22. The van der Waals surface area contributed by atoms with E-state index in [9.17, 15) is 14.9 Å². The van der Waals surface area contributed by atoms with E-state index in [1.807, 2.05) is 25.1 Å². The quantitative estimate of drug-likeness (QED) is 0.568. The van der Waals surface area contributed by atoms with Crippen molar-refractivity contribution in [1.29, 1.82) is 5.26 Å². The molecule has 3 aromatic rings. The van der Waals surface area contributed by atoms with Crippen LogP contribution in [0.25, 0.3) is 22.0 Å². The van der Waals surface area contributed by atoms with Crippen molar-refractivity contribution in [1.82, 2.24) is 25.0 Å². The van der Waals surface area contributed by atoms with Gasteiger partial charge < -0.3 is 15.0 Å². The van der Waals surface area contributed by atoms with E-state index < -0.39 is 6.04 Å². The first kappa shape index (κ1) is 24.3. The number of pyridine rings is 1. The normalized spacial score (nSPS) is 18.4. The van der Waals surface area contributed by atoms with E-state index in [-0.39, 0.29) is 18.4 Å². The molecule has 1 N–H and O–H groups in total. The van der Waals surface area contributed by atoms with Gasteiger partial charge >= 0.3 is 0 Å². The van der Waals surface area contributed by atoms with Crippen molar-refractivity contribution in [2.24, 2.45) is 0 Å². The minimum atomic E-state index is -0.447. The predicted molar refractivity (Wildman–Crippen MR) is 137 cm³/mol. The summed E-state index contributed by atoms with van der Waals surface area (Å²) in [4.78, 5) is 31.6. The first-order chi connectivity index (χ1) is 17.5. The summed E-state index contributed by atoms with van der Waals surface area (Å²) in [6, 6.07) is 9.59. The van der Waals surface area contributed by atoms with Crippen molar-refractivity contribution in [3.8, 4) is 17.2 Å². The topological polar surface area (TPSA) is 113 Å². The van der Waals surface area contributed by atoms with Gasteiger partial charge in [-0.2, -0.15) is 10.4 Å². The SMILES string of the molecule is Cc1nn(C2CCOCC2)c(C)c1-c1ccc2nccc(C(=O)NCC(=O)N3CSC[C@H]3C#N)c2c1. The Morgan fingerprint density at radius 2 is 2.06 bits per heavy atom. The van der Waals surface area contributed by atoms with Crippen LogP contribution >= 0.6 is 11.8 Å². The molecule has 2 aliphatic heterocycles. The van der Waals surface area contributed by atoms with E-state index in [1.165, 1.54) is 16.7 Å². The van der Waals surface area contributed by atoms with Gasteiger partial charge in [0.2, 0.25) is 5.91 Å². The van der Waals surface area contributed by atoms with Crippen LogP contribution in [0.5, 0.6) is 0 Å². The summed E-state index contributed by atoms with van der Waals surface area (Å²) in [6.07, 6.45) is 3.48. The molecule has 0 saturated carbocycles. The van der Waals surface area contributed by atoms with Gasteiger partial charge in [0, 0.05) is 41.8 Å². The van der Waals surface area contributed by atoms with Crippen molar-refractivity contribution in [3.05, 3.63) is 47.4 Å². The van der Waals surface area contributed by atoms with Gasteiger partial charge in [0.05, 0.1) is 41.3 Å². The Kier molecular flexibility index (Phi) is 6.94. The highest BCUT2D eigenvalue weighted by molar-refractivity contribution is 7.99. The van der Waals surface area contributed by atoms with Crippen molar-refractivity contribution < 1.29 is 14.3 Å². The number of ether oxygens (including phenoxy) is 1. The second kappa shape index (κ2) is 10.3. The van der Waals surface area contributed by atoms with Crippen LogP contribution in [-0.2, 0) is 9.53 Å². The van der Waals surface area contributed by atoms with Gasteiger partial charge in [-0.1, -0.05) is 6.07 Å². The van der Waals surface area contributed by atoms with Gasteiger partial charge in [-0.15, -0.1) is 11.8 Å². The molecule has 1 aromatic carbocycles. The maximum atomic E-state index is 13.1. The summed E-state index contributed by atoms with van der Waals surface area (Å²) in [6.45, 7) is 5.43. The van der Waals surface area contributed by atoms with E-state index in [4.69, 9.17) is 9.84 Å². The zero-order valence-corrected chi connectivity index (χ0v) is 21.2. The average molecular weight is 505 g/mol. The van der Waals surface area contributed by atoms with Crippen LogP contribution < -0.4 is 5.32 Å². The monoisotopic (exact) mass is 504 g/mol. The molecular formula is C26H28N6O3S. The molecule has 0 radical (unpaired) electrons. The molecule has 5 rings (SSSR count). The summed E-state index contributed by atoms with van der Waals surface area (Å²) in [5.74, 6) is 0.456. The number of nitrogens with zero attached hydrogens (tertiary/aromatic N) is 5. The molecule has 0 spiro atoms. The fraction of sp³-hybridized carbons (Fsp3) is 0.423. The van der Waals surface area contributed by atoms with Gasteiger partial charge in [-0.25, -0.2) is 0 Å². The summed E-state index contributed by atoms with van der Waals surface area (Å²) >= 11 is 1.54. The Labute approximate surface area is 213 Å². The van der Waals surface area contributed by atoms with Gasteiger partial charge in [-0.05, 0) is 50.5 Å². The van der Waals surface area contributed by atoms with E-state index in [0.717, 1.165) is 48.6 Å².